The molecule has 1 nitrogen and oxygen atoms in total. The van der Waals surface area contributed by atoms with Crippen LogP contribution in [0.5, 0.6) is 0 Å². The maximum absolute atomic E-state index is 2.48. The predicted molar refractivity (Wildman–Crippen MR) is 117 cm³/mol. The molecule has 0 fully saturated rings. The zero-order valence-corrected chi connectivity index (χ0v) is 20.8. The van der Waals surface area contributed by atoms with Gasteiger partial charge >= 0.3 is 163 Å². The Balaban J connectivity index is 3.12. The molecular weight excluding hydrogens is 409 g/mol. The van der Waals surface area contributed by atoms with Gasteiger partial charge in [0.05, 0.1) is 0 Å². The average molecular weight is 452 g/mol. The maximum atomic E-state index is 2.48. The predicted octanol–water partition coefficient (Wildman–Crippen LogP) is 6.99. The third-order valence-electron chi connectivity index (χ3n) is 5.60. The van der Waals surface area contributed by atoms with E-state index in [1.54, 1.807) is 24.4 Å². The fraction of sp³-hybridized carbons (Fsp3) is 0.739. The monoisotopic (exact) mass is 453 g/mol. The Hall–Kier alpha value is -0.0213. The second-order valence-electron chi connectivity index (χ2n) is 8.50. The second-order valence-corrected chi connectivity index (χ2v) is 22.3. The molecule has 1 aromatic carbocycles. The van der Waals surface area contributed by atoms with Crippen molar-refractivity contribution in [2.45, 2.75) is 90.5 Å². The van der Waals surface area contributed by atoms with Crippen molar-refractivity contribution in [3.05, 3.63) is 34.9 Å². The van der Waals surface area contributed by atoms with Gasteiger partial charge in [0.15, 0.2) is 0 Å². The van der Waals surface area contributed by atoms with Crippen LogP contribution in [0.2, 0.25) is 13.3 Å². The van der Waals surface area contributed by atoms with Crippen LogP contribution in [-0.4, -0.2) is 37.4 Å². The normalized spacial score (nSPS) is 12.1. The minimum atomic E-state index is -2.10. The summed E-state index contributed by atoms with van der Waals surface area (Å²) in [7, 11) is 4.40. The summed E-state index contributed by atoms with van der Waals surface area (Å²) < 4.78 is 6.32. The van der Waals surface area contributed by atoms with Crippen LogP contribution < -0.4 is 0 Å². The summed E-state index contributed by atoms with van der Waals surface area (Å²) in [5, 5.41) is 0. The topological polar surface area (TPSA) is 3.24 Å². The van der Waals surface area contributed by atoms with Gasteiger partial charge in [0.25, 0.3) is 0 Å². The molecule has 0 bridgehead atoms. The number of benzene rings is 1. The first-order valence-electron chi connectivity index (χ1n) is 10.7. The molecule has 0 unspecified atom stereocenters. The molecule has 0 aliphatic carbocycles. The Morgan fingerprint density at radius 2 is 1.32 bits per heavy atom. The van der Waals surface area contributed by atoms with E-state index in [-0.39, 0.29) is 0 Å². The number of unbranched alkanes of at least 4 members (excludes halogenated alkanes) is 3. The number of rotatable bonds is 13. The summed E-state index contributed by atoms with van der Waals surface area (Å²) in [6, 6.07) is 7.28. The Morgan fingerprint density at radius 3 is 1.76 bits per heavy atom. The van der Waals surface area contributed by atoms with Crippen LogP contribution in [0.15, 0.2) is 18.2 Å². The summed E-state index contributed by atoms with van der Waals surface area (Å²) in [5.41, 5.74) is 4.70. The van der Waals surface area contributed by atoms with E-state index in [0.717, 1.165) is 6.54 Å². The van der Waals surface area contributed by atoms with Crippen molar-refractivity contribution in [3.8, 4) is 0 Å². The molecule has 144 valence electrons. The van der Waals surface area contributed by atoms with Crippen molar-refractivity contribution < 1.29 is 0 Å². The molecule has 0 spiro atoms. The second kappa shape index (κ2) is 12.4. The van der Waals surface area contributed by atoms with Crippen molar-refractivity contribution in [1.82, 2.24) is 4.90 Å². The van der Waals surface area contributed by atoms with Crippen LogP contribution in [0.1, 0.15) is 76.0 Å². The molecular formula is C23H43NSn. The summed E-state index contributed by atoms with van der Waals surface area (Å²) in [6.07, 6.45) is 8.52. The number of aryl methyl sites for hydroxylation is 1. The van der Waals surface area contributed by atoms with Crippen molar-refractivity contribution in [1.29, 1.82) is 0 Å². The van der Waals surface area contributed by atoms with Crippen molar-refractivity contribution in [2.24, 2.45) is 0 Å². The van der Waals surface area contributed by atoms with Gasteiger partial charge in [-0.2, -0.15) is 0 Å². The summed E-state index contributed by atoms with van der Waals surface area (Å²) >= 11 is -2.10. The van der Waals surface area contributed by atoms with Gasteiger partial charge in [-0.1, -0.05) is 0 Å². The molecule has 0 N–H and O–H groups in total. The zero-order chi connectivity index (χ0) is 18.7. The molecule has 0 heterocycles. The Kier molecular flexibility index (Phi) is 11.4. The first-order chi connectivity index (χ1) is 12.0. The standard InChI is InChI=1S/C11H16N.3C4H9.Sn/c1-9-5-6-10(2)11(7-9)8-12(3)4;3*1-3-4-2;/h5-7H,2,8H2,1,3-4H3;3*1,3-4H2,2H3;. The molecule has 0 atom stereocenters. The quantitative estimate of drug-likeness (QED) is 0.292. The van der Waals surface area contributed by atoms with Crippen LogP contribution in [0.3, 0.4) is 0 Å². The molecule has 0 saturated heterocycles. The van der Waals surface area contributed by atoms with Crippen LogP contribution >= 0.6 is 0 Å². The van der Waals surface area contributed by atoms with Gasteiger partial charge in [0.2, 0.25) is 0 Å². The Labute approximate surface area is 162 Å². The molecule has 0 radical (unpaired) electrons. The molecule has 0 aliphatic rings. The molecule has 25 heavy (non-hydrogen) atoms. The Morgan fingerprint density at radius 1 is 0.800 bits per heavy atom. The first-order valence-corrected chi connectivity index (χ1v) is 18.8. The van der Waals surface area contributed by atoms with E-state index in [1.807, 2.05) is 0 Å². The van der Waals surface area contributed by atoms with Gasteiger partial charge in [-0.05, 0) is 0 Å². The molecule has 0 saturated carbocycles. The fourth-order valence-electron chi connectivity index (χ4n) is 4.11. The van der Waals surface area contributed by atoms with Crippen LogP contribution in [-0.2, 0) is 11.0 Å². The summed E-state index contributed by atoms with van der Waals surface area (Å²) in [5.74, 6) is 0. The van der Waals surface area contributed by atoms with Crippen molar-refractivity contribution in [2.75, 3.05) is 14.1 Å². The SMILES string of the molecule is CCC[CH2][Sn]([CH2]CCC)([CH2]CCC)[CH2]c1ccc(C)cc1CN(C)C. The summed E-state index contributed by atoms with van der Waals surface area (Å²) in [6.45, 7) is 10.5. The van der Waals surface area contributed by atoms with Gasteiger partial charge in [0.1, 0.15) is 0 Å². The van der Waals surface area contributed by atoms with E-state index in [0.29, 0.717) is 0 Å². The van der Waals surface area contributed by atoms with Crippen LogP contribution in [0.25, 0.3) is 0 Å². The van der Waals surface area contributed by atoms with E-state index in [2.05, 4.69) is 64.9 Å². The van der Waals surface area contributed by atoms with Gasteiger partial charge < -0.3 is 0 Å². The van der Waals surface area contributed by atoms with E-state index in [9.17, 15) is 0 Å². The van der Waals surface area contributed by atoms with E-state index in [4.69, 9.17) is 0 Å². The summed E-state index contributed by atoms with van der Waals surface area (Å²) in [4.78, 5) is 2.33. The number of nitrogens with zero attached hydrogens (tertiary/aromatic N) is 1. The van der Waals surface area contributed by atoms with E-state index in [1.165, 1.54) is 48.5 Å². The third kappa shape index (κ3) is 8.47. The third-order valence-corrected chi connectivity index (χ3v) is 20.9. The van der Waals surface area contributed by atoms with E-state index < -0.39 is 18.4 Å². The molecule has 1 aromatic rings. The Bertz CT molecular complexity index is 459. The number of hydrogen-bond acceptors (Lipinski definition) is 1. The molecule has 1 rings (SSSR count). The number of hydrogen-bond donors (Lipinski definition) is 0. The van der Waals surface area contributed by atoms with Gasteiger partial charge in [-0.25, -0.2) is 0 Å². The molecule has 0 amide bonds. The zero-order valence-electron chi connectivity index (χ0n) is 18.0. The van der Waals surface area contributed by atoms with Gasteiger partial charge in [-0.3, -0.25) is 0 Å². The van der Waals surface area contributed by atoms with E-state index >= 15 is 0 Å². The van der Waals surface area contributed by atoms with Crippen molar-refractivity contribution >= 4 is 18.4 Å². The molecule has 0 aliphatic heterocycles. The van der Waals surface area contributed by atoms with Gasteiger partial charge in [-0.15, -0.1) is 0 Å². The molecule has 0 aromatic heterocycles. The molecule has 2 heteroatoms. The average Bonchev–Trinajstić information content (AvgIpc) is 2.58. The van der Waals surface area contributed by atoms with Crippen LogP contribution in [0.4, 0.5) is 0 Å². The van der Waals surface area contributed by atoms with Gasteiger partial charge in [0, 0.05) is 0 Å². The van der Waals surface area contributed by atoms with Crippen molar-refractivity contribution in [3.63, 3.8) is 0 Å². The minimum absolute atomic E-state index is 1.09. The van der Waals surface area contributed by atoms with Crippen LogP contribution in [0, 0.1) is 6.92 Å². The first kappa shape index (κ1) is 23.0. The fourth-order valence-corrected chi connectivity index (χ4v) is 20.5.